The number of nitrogens with two attached hydrogens (primary N) is 1. The lowest BCUT2D eigenvalue weighted by molar-refractivity contribution is 0.0407. The van der Waals surface area contributed by atoms with Crippen LogP contribution in [0.1, 0.15) is 30.9 Å². The lowest BCUT2D eigenvalue weighted by Crippen LogP contribution is -2.36. The van der Waals surface area contributed by atoms with E-state index >= 15 is 0 Å². The fraction of sp³-hybridized carbons (Fsp3) is 0.571. The molecule has 1 fully saturated rings. The summed E-state index contributed by atoms with van der Waals surface area (Å²) in [6, 6.07) is 5.14. The van der Waals surface area contributed by atoms with Gasteiger partial charge in [-0.2, -0.15) is 0 Å². The highest BCUT2D eigenvalue weighted by molar-refractivity contribution is 5.85. The Bertz CT molecular complexity index is 410. The zero-order chi connectivity index (χ0) is 13.1. The van der Waals surface area contributed by atoms with Gasteiger partial charge in [-0.1, -0.05) is 18.6 Å². The monoisotopic (exact) mass is 287 g/mol. The lowest BCUT2D eigenvalue weighted by atomic mass is 9.77. The molecule has 0 unspecified atom stereocenters. The number of hydrogen-bond acceptors (Lipinski definition) is 4. The van der Waals surface area contributed by atoms with E-state index in [9.17, 15) is 5.11 Å². The van der Waals surface area contributed by atoms with Gasteiger partial charge < -0.3 is 20.3 Å². The summed E-state index contributed by atoms with van der Waals surface area (Å²) in [6.07, 6.45) is 2.78. The molecule has 3 N–H and O–H groups in total. The van der Waals surface area contributed by atoms with E-state index in [0.29, 0.717) is 17.4 Å². The highest BCUT2D eigenvalue weighted by Crippen LogP contribution is 2.39. The van der Waals surface area contributed by atoms with Crippen LogP contribution in [-0.4, -0.2) is 25.4 Å². The first kappa shape index (κ1) is 16.1. The molecule has 1 aromatic rings. The molecule has 19 heavy (non-hydrogen) atoms. The Labute approximate surface area is 120 Å². The van der Waals surface area contributed by atoms with Crippen LogP contribution >= 0.6 is 12.4 Å². The molecule has 4 nitrogen and oxygen atoms in total. The molecule has 1 aromatic carbocycles. The number of benzene rings is 1. The lowest BCUT2D eigenvalue weighted by Gasteiger charge is -2.34. The van der Waals surface area contributed by atoms with Crippen LogP contribution in [0.2, 0.25) is 0 Å². The van der Waals surface area contributed by atoms with Crippen molar-refractivity contribution in [2.75, 3.05) is 14.2 Å². The van der Waals surface area contributed by atoms with E-state index in [-0.39, 0.29) is 12.4 Å². The summed E-state index contributed by atoms with van der Waals surface area (Å²) in [4.78, 5) is 0. The predicted octanol–water partition coefficient (Wildman–Crippen LogP) is 2.29. The van der Waals surface area contributed by atoms with Crippen LogP contribution in [0, 0.1) is 5.92 Å². The van der Waals surface area contributed by atoms with E-state index in [4.69, 9.17) is 15.2 Å². The third kappa shape index (κ3) is 3.14. The third-order valence-corrected chi connectivity index (χ3v) is 3.79. The van der Waals surface area contributed by atoms with E-state index in [1.54, 1.807) is 14.2 Å². The number of methoxy groups -OCH3 is 2. The molecule has 1 aliphatic rings. The van der Waals surface area contributed by atoms with Gasteiger partial charge in [0.25, 0.3) is 0 Å². The van der Waals surface area contributed by atoms with Crippen molar-refractivity contribution >= 4 is 12.4 Å². The van der Waals surface area contributed by atoms with Crippen LogP contribution in [0.25, 0.3) is 0 Å². The van der Waals surface area contributed by atoms with Gasteiger partial charge in [0, 0.05) is 5.56 Å². The zero-order valence-electron chi connectivity index (χ0n) is 11.3. The topological polar surface area (TPSA) is 64.7 Å². The number of hydrogen-bond donors (Lipinski definition) is 2. The van der Waals surface area contributed by atoms with Gasteiger partial charge in [-0.15, -0.1) is 12.4 Å². The number of aliphatic hydroxyl groups excluding tert-OH is 1. The second kappa shape index (κ2) is 6.98. The molecular formula is C14H22ClNO3. The summed E-state index contributed by atoms with van der Waals surface area (Å²) in [5.74, 6) is 1.58. The molecule has 0 heterocycles. The molecule has 0 aromatic heterocycles. The van der Waals surface area contributed by atoms with Gasteiger partial charge in [-0.05, 0) is 24.8 Å². The van der Waals surface area contributed by atoms with Crippen molar-refractivity contribution in [3.63, 3.8) is 0 Å². The van der Waals surface area contributed by atoms with Gasteiger partial charge in [0.05, 0.1) is 26.4 Å². The molecule has 1 aliphatic carbocycles. The summed E-state index contributed by atoms with van der Waals surface area (Å²) in [6.45, 7) is 0. The fourth-order valence-electron chi connectivity index (χ4n) is 2.43. The molecular weight excluding hydrogens is 266 g/mol. The SMILES string of the molecule is COc1cccc([C@H](N)[C@H](O)C2CCC2)c1OC.Cl. The van der Waals surface area contributed by atoms with Crippen LogP contribution in [0.5, 0.6) is 11.5 Å². The van der Waals surface area contributed by atoms with Gasteiger partial charge in [-0.3, -0.25) is 0 Å². The first-order valence-corrected chi connectivity index (χ1v) is 6.33. The third-order valence-electron chi connectivity index (χ3n) is 3.79. The summed E-state index contributed by atoms with van der Waals surface area (Å²) in [5.41, 5.74) is 6.97. The number of aliphatic hydroxyl groups is 1. The minimum atomic E-state index is -0.514. The second-order valence-corrected chi connectivity index (χ2v) is 4.79. The Kier molecular flexibility index (Phi) is 5.91. The minimum Gasteiger partial charge on any atom is -0.493 e. The molecule has 0 saturated heterocycles. The van der Waals surface area contributed by atoms with Crippen molar-refractivity contribution in [2.45, 2.75) is 31.4 Å². The summed E-state index contributed by atoms with van der Waals surface area (Å²) in [7, 11) is 3.18. The van der Waals surface area contributed by atoms with Gasteiger partial charge in [-0.25, -0.2) is 0 Å². The summed E-state index contributed by atoms with van der Waals surface area (Å²) < 4.78 is 10.6. The number of halogens is 1. The minimum absolute atomic E-state index is 0. The Morgan fingerprint density at radius 3 is 2.42 bits per heavy atom. The van der Waals surface area contributed by atoms with Gasteiger partial charge in [0.15, 0.2) is 11.5 Å². The van der Waals surface area contributed by atoms with E-state index in [1.807, 2.05) is 18.2 Å². The van der Waals surface area contributed by atoms with Gasteiger partial charge in [0.1, 0.15) is 0 Å². The van der Waals surface area contributed by atoms with Crippen LogP contribution < -0.4 is 15.2 Å². The summed E-state index contributed by atoms with van der Waals surface area (Å²) in [5, 5.41) is 10.3. The molecule has 1 saturated carbocycles. The number of ether oxygens (including phenoxy) is 2. The summed E-state index contributed by atoms with van der Waals surface area (Å²) >= 11 is 0. The molecule has 2 rings (SSSR count). The second-order valence-electron chi connectivity index (χ2n) is 4.79. The van der Waals surface area contributed by atoms with E-state index in [2.05, 4.69) is 0 Å². The molecule has 0 amide bonds. The fourth-order valence-corrected chi connectivity index (χ4v) is 2.43. The Morgan fingerprint density at radius 1 is 1.26 bits per heavy atom. The molecule has 0 bridgehead atoms. The predicted molar refractivity (Wildman–Crippen MR) is 77.1 cm³/mol. The first-order valence-electron chi connectivity index (χ1n) is 6.33. The maximum atomic E-state index is 10.3. The average Bonchev–Trinajstić information content (AvgIpc) is 2.34. The Hall–Kier alpha value is -0.970. The number of rotatable bonds is 5. The molecule has 0 spiro atoms. The van der Waals surface area contributed by atoms with Crippen LogP contribution in [0.3, 0.4) is 0 Å². The molecule has 0 radical (unpaired) electrons. The van der Waals surface area contributed by atoms with E-state index < -0.39 is 12.1 Å². The highest BCUT2D eigenvalue weighted by atomic mass is 35.5. The maximum absolute atomic E-state index is 10.3. The van der Waals surface area contributed by atoms with E-state index in [0.717, 1.165) is 18.4 Å². The van der Waals surface area contributed by atoms with Crippen LogP contribution in [0.15, 0.2) is 18.2 Å². The van der Waals surface area contributed by atoms with Crippen molar-refractivity contribution in [1.82, 2.24) is 0 Å². The van der Waals surface area contributed by atoms with Crippen molar-refractivity contribution in [2.24, 2.45) is 11.7 Å². The standard InChI is InChI=1S/C14H21NO3.ClH/c1-17-11-8-4-7-10(14(11)18-2)12(15)13(16)9-5-3-6-9;/h4,7-9,12-13,16H,3,5-6,15H2,1-2H3;1H/t12-,13+;/m0./s1. The molecule has 2 atom stereocenters. The quantitative estimate of drug-likeness (QED) is 0.872. The van der Waals surface area contributed by atoms with Crippen molar-refractivity contribution < 1.29 is 14.6 Å². The highest BCUT2D eigenvalue weighted by Gasteiger charge is 2.32. The van der Waals surface area contributed by atoms with E-state index in [1.165, 1.54) is 6.42 Å². The Balaban J connectivity index is 0.00000180. The first-order chi connectivity index (χ1) is 8.69. The van der Waals surface area contributed by atoms with Crippen molar-refractivity contribution in [3.8, 4) is 11.5 Å². The smallest absolute Gasteiger partial charge is 0.165 e. The van der Waals surface area contributed by atoms with Crippen molar-refractivity contribution in [3.05, 3.63) is 23.8 Å². The zero-order valence-corrected chi connectivity index (χ0v) is 12.2. The normalized spacial score (nSPS) is 17.9. The van der Waals surface area contributed by atoms with Crippen molar-refractivity contribution in [1.29, 1.82) is 0 Å². The maximum Gasteiger partial charge on any atom is 0.165 e. The number of para-hydroxylation sites is 1. The van der Waals surface area contributed by atoms with Gasteiger partial charge >= 0.3 is 0 Å². The van der Waals surface area contributed by atoms with Crippen LogP contribution in [0.4, 0.5) is 0 Å². The van der Waals surface area contributed by atoms with Crippen LogP contribution in [-0.2, 0) is 0 Å². The molecule has 0 aliphatic heterocycles. The molecule has 108 valence electrons. The average molecular weight is 288 g/mol. The molecule has 5 heteroatoms. The largest absolute Gasteiger partial charge is 0.493 e. The van der Waals surface area contributed by atoms with Gasteiger partial charge in [0.2, 0.25) is 0 Å². The Morgan fingerprint density at radius 2 is 1.95 bits per heavy atom.